The number of ether oxygens (including phenoxy) is 2. The van der Waals surface area contributed by atoms with Gasteiger partial charge in [0, 0.05) is 19.0 Å². The van der Waals surface area contributed by atoms with E-state index in [0.29, 0.717) is 10.7 Å². The van der Waals surface area contributed by atoms with Gasteiger partial charge in [0.25, 0.3) is 0 Å². The zero-order chi connectivity index (χ0) is 13.1. The number of hydrogen-bond donors (Lipinski definition) is 1. The molecule has 0 bridgehead atoms. The van der Waals surface area contributed by atoms with Crippen molar-refractivity contribution in [1.29, 1.82) is 0 Å². The fraction of sp³-hybridized carbons (Fsp3) is 0.538. The summed E-state index contributed by atoms with van der Waals surface area (Å²) in [6.45, 7) is 4.12. The van der Waals surface area contributed by atoms with E-state index < -0.39 is 0 Å². The van der Waals surface area contributed by atoms with Crippen molar-refractivity contribution < 1.29 is 9.47 Å². The largest absolute Gasteiger partial charge is 0.488 e. The third-order valence-electron chi connectivity index (χ3n) is 3.00. The number of aromatic nitrogens is 1. The van der Waals surface area contributed by atoms with E-state index in [9.17, 15) is 0 Å². The molecule has 0 spiro atoms. The van der Waals surface area contributed by atoms with Crippen molar-refractivity contribution >= 4 is 17.2 Å². The molecule has 0 aromatic carbocycles. The average Bonchev–Trinajstić information content (AvgIpc) is 2.27. The predicted octanol–water partition coefficient (Wildman–Crippen LogP) is 2.05. The summed E-state index contributed by atoms with van der Waals surface area (Å²) in [5, 5.41) is 0. The molecule has 5 heteroatoms. The molecule has 98 valence electrons. The molecule has 0 saturated carbocycles. The van der Waals surface area contributed by atoms with E-state index in [2.05, 4.69) is 18.8 Å². The first-order valence-corrected chi connectivity index (χ1v) is 6.53. The van der Waals surface area contributed by atoms with Gasteiger partial charge >= 0.3 is 0 Å². The maximum Gasteiger partial charge on any atom is 0.148 e. The highest BCUT2D eigenvalue weighted by atomic mass is 32.1. The highest BCUT2D eigenvalue weighted by Crippen LogP contribution is 2.25. The molecule has 1 aliphatic heterocycles. The Morgan fingerprint density at radius 2 is 2.11 bits per heavy atom. The van der Waals surface area contributed by atoms with E-state index in [1.54, 1.807) is 18.5 Å². The predicted molar refractivity (Wildman–Crippen MR) is 73.8 cm³/mol. The fourth-order valence-electron chi connectivity index (χ4n) is 2.30. The Bertz CT molecular complexity index is 429. The Labute approximate surface area is 112 Å². The molecule has 1 aliphatic rings. The zero-order valence-corrected chi connectivity index (χ0v) is 11.4. The van der Waals surface area contributed by atoms with Crippen molar-refractivity contribution in [2.24, 2.45) is 5.73 Å². The summed E-state index contributed by atoms with van der Waals surface area (Å²) in [7, 11) is 0. The number of thiocarbonyl (C=S) groups is 1. The fourth-order valence-corrected chi connectivity index (χ4v) is 2.47. The van der Waals surface area contributed by atoms with Gasteiger partial charge in [-0.2, -0.15) is 0 Å². The van der Waals surface area contributed by atoms with Crippen LogP contribution in [0.3, 0.4) is 0 Å². The minimum Gasteiger partial charge on any atom is -0.488 e. The van der Waals surface area contributed by atoms with Crippen LogP contribution in [0.15, 0.2) is 18.5 Å². The normalized spacial score (nSPS) is 27.8. The van der Waals surface area contributed by atoms with Crippen molar-refractivity contribution in [3.63, 3.8) is 0 Å². The lowest BCUT2D eigenvalue weighted by Gasteiger charge is -2.32. The second kappa shape index (κ2) is 5.63. The summed E-state index contributed by atoms with van der Waals surface area (Å²) in [6, 6.07) is 1.78. The first-order chi connectivity index (χ1) is 8.56. The van der Waals surface area contributed by atoms with Crippen LogP contribution in [-0.2, 0) is 4.74 Å². The van der Waals surface area contributed by atoms with Crippen LogP contribution in [0.2, 0.25) is 0 Å². The Balaban J connectivity index is 2.11. The minimum atomic E-state index is 0.126. The Kier molecular flexibility index (Phi) is 4.14. The van der Waals surface area contributed by atoms with Gasteiger partial charge in [-0.05, 0) is 19.9 Å². The van der Waals surface area contributed by atoms with E-state index in [4.69, 9.17) is 27.4 Å². The molecule has 0 aliphatic carbocycles. The second-order valence-corrected chi connectivity index (χ2v) is 5.14. The number of pyridine rings is 1. The van der Waals surface area contributed by atoms with E-state index in [1.807, 2.05) is 0 Å². The van der Waals surface area contributed by atoms with Crippen molar-refractivity contribution in [2.75, 3.05) is 0 Å². The van der Waals surface area contributed by atoms with Crippen molar-refractivity contribution in [3.05, 3.63) is 24.0 Å². The smallest absolute Gasteiger partial charge is 0.148 e. The van der Waals surface area contributed by atoms with Crippen molar-refractivity contribution in [3.8, 4) is 5.75 Å². The minimum absolute atomic E-state index is 0.126. The lowest BCUT2D eigenvalue weighted by Crippen LogP contribution is -2.36. The molecule has 4 nitrogen and oxygen atoms in total. The summed E-state index contributed by atoms with van der Waals surface area (Å²) in [5.74, 6) is 0.663. The van der Waals surface area contributed by atoms with Gasteiger partial charge in [0.15, 0.2) is 0 Å². The topological polar surface area (TPSA) is 57.4 Å². The van der Waals surface area contributed by atoms with Crippen LogP contribution in [0.1, 0.15) is 32.3 Å². The highest BCUT2D eigenvalue weighted by Gasteiger charge is 2.26. The molecule has 2 atom stereocenters. The monoisotopic (exact) mass is 266 g/mol. The maximum atomic E-state index is 5.98. The van der Waals surface area contributed by atoms with Crippen LogP contribution in [-0.4, -0.2) is 28.3 Å². The van der Waals surface area contributed by atoms with Gasteiger partial charge in [0.2, 0.25) is 0 Å². The third kappa shape index (κ3) is 3.17. The third-order valence-corrected chi connectivity index (χ3v) is 3.22. The summed E-state index contributed by atoms with van der Waals surface area (Å²) in [4.78, 5) is 4.39. The molecule has 1 aromatic heterocycles. The standard InChI is InChI=1S/C13H18N2O2S/c1-8-5-10(6-9(2)16-8)17-12-7-15-4-3-11(12)13(14)18/h3-4,7-10H,5-6H2,1-2H3,(H2,14,18). The molecular formula is C13H18N2O2S. The van der Waals surface area contributed by atoms with E-state index in [0.717, 1.165) is 18.4 Å². The maximum absolute atomic E-state index is 5.98. The van der Waals surface area contributed by atoms with Crippen molar-refractivity contribution in [1.82, 2.24) is 4.98 Å². The number of nitrogens with two attached hydrogens (primary N) is 1. The Hall–Kier alpha value is -1.20. The van der Waals surface area contributed by atoms with Gasteiger partial charge in [-0.1, -0.05) is 12.2 Å². The molecule has 2 heterocycles. The van der Waals surface area contributed by atoms with Crippen LogP contribution in [0, 0.1) is 0 Å². The molecule has 0 amide bonds. The molecule has 1 saturated heterocycles. The summed E-state index contributed by atoms with van der Waals surface area (Å²) < 4.78 is 11.7. The van der Waals surface area contributed by atoms with Gasteiger partial charge in [0.05, 0.1) is 24.0 Å². The molecule has 2 rings (SSSR count). The number of nitrogens with zero attached hydrogens (tertiary/aromatic N) is 1. The average molecular weight is 266 g/mol. The van der Waals surface area contributed by atoms with Crippen molar-refractivity contribution in [2.45, 2.75) is 45.0 Å². The number of rotatable bonds is 3. The SMILES string of the molecule is CC1CC(Oc2cnccc2C(N)=S)CC(C)O1. The van der Waals surface area contributed by atoms with Crippen LogP contribution >= 0.6 is 12.2 Å². The van der Waals surface area contributed by atoms with Crippen LogP contribution in [0.4, 0.5) is 0 Å². The van der Waals surface area contributed by atoms with Crippen LogP contribution in [0.25, 0.3) is 0 Å². The van der Waals surface area contributed by atoms with Gasteiger partial charge in [0.1, 0.15) is 16.8 Å². The molecule has 0 radical (unpaired) electrons. The van der Waals surface area contributed by atoms with E-state index in [-0.39, 0.29) is 18.3 Å². The molecule has 2 unspecified atom stereocenters. The lowest BCUT2D eigenvalue weighted by atomic mass is 10.0. The summed E-state index contributed by atoms with van der Waals surface area (Å²) in [6.07, 6.45) is 5.62. The Morgan fingerprint density at radius 1 is 1.44 bits per heavy atom. The van der Waals surface area contributed by atoms with Gasteiger partial charge in [-0.15, -0.1) is 0 Å². The summed E-state index contributed by atoms with van der Waals surface area (Å²) >= 11 is 5.01. The zero-order valence-electron chi connectivity index (χ0n) is 10.6. The van der Waals surface area contributed by atoms with Gasteiger partial charge in [-0.3, -0.25) is 4.98 Å². The van der Waals surface area contributed by atoms with Gasteiger partial charge in [-0.25, -0.2) is 0 Å². The van der Waals surface area contributed by atoms with Gasteiger partial charge < -0.3 is 15.2 Å². The lowest BCUT2D eigenvalue weighted by molar-refractivity contribution is -0.0722. The molecule has 2 N–H and O–H groups in total. The van der Waals surface area contributed by atoms with E-state index in [1.165, 1.54) is 0 Å². The molecular weight excluding hydrogens is 248 g/mol. The molecule has 1 aromatic rings. The quantitative estimate of drug-likeness (QED) is 0.849. The molecule has 18 heavy (non-hydrogen) atoms. The summed E-state index contributed by atoms with van der Waals surface area (Å²) in [5.41, 5.74) is 6.42. The Morgan fingerprint density at radius 3 is 2.72 bits per heavy atom. The second-order valence-electron chi connectivity index (χ2n) is 4.70. The first kappa shape index (κ1) is 13.2. The first-order valence-electron chi connectivity index (χ1n) is 6.12. The number of hydrogen-bond acceptors (Lipinski definition) is 4. The van der Waals surface area contributed by atoms with E-state index >= 15 is 0 Å². The highest BCUT2D eigenvalue weighted by molar-refractivity contribution is 7.80. The van der Waals surface area contributed by atoms with Crippen LogP contribution < -0.4 is 10.5 Å². The molecule has 1 fully saturated rings. The van der Waals surface area contributed by atoms with Crippen LogP contribution in [0.5, 0.6) is 5.75 Å².